The molecule has 0 bridgehead atoms. The zero-order valence-electron chi connectivity index (χ0n) is 14.6. The Morgan fingerprint density at radius 1 is 1.22 bits per heavy atom. The topological polar surface area (TPSA) is 48.9 Å². The van der Waals surface area contributed by atoms with Gasteiger partial charge in [0.15, 0.2) is 5.96 Å². The molecule has 128 valence electrons. The van der Waals surface area contributed by atoms with Crippen LogP contribution in [-0.2, 0) is 17.8 Å². The second kappa shape index (κ2) is 9.53. The van der Waals surface area contributed by atoms with Crippen LogP contribution in [0.4, 0.5) is 0 Å². The number of rotatable bonds is 6. The Hall–Kier alpha value is -1.59. The molecule has 0 atom stereocenters. The lowest BCUT2D eigenvalue weighted by molar-refractivity contribution is 0.0342. The highest BCUT2D eigenvalue weighted by molar-refractivity contribution is 5.79. The van der Waals surface area contributed by atoms with Crippen LogP contribution < -0.4 is 10.6 Å². The molecule has 0 amide bonds. The molecular formula is C18H30N4O. The van der Waals surface area contributed by atoms with E-state index in [9.17, 15) is 0 Å². The van der Waals surface area contributed by atoms with Crippen molar-refractivity contribution < 1.29 is 4.74 Å². The quantitative estimate of drug-likeness (QED) is 0.621. The molecule has 1 saturated heterocycles. The van der Waals surface area contributed by atoms with Gasteiger partial charge in [-0.15, -0.1) is 0 Å². The summed E-state index contributed by atoms with van der Waals surface area (Å²) in [5.74, 6) is 1.46. The maximum Gasteiger partial charge on any atom is 0.191 e. The molecule has 2 rings (SSSR count). The van der Waals surface area contributed by atoms with Gasteiger partial charge in [-0.25, -0.2) is 0 Å². The van der Waals surface area contributed by atoms with Crippen LogP contribution in [-0.4, -0.2) is 50.8 Å². The van der Waals surface area contributed by atoms with Crippen LogP contribution in [0.1, 0.15) is 25.0 Å². The van der Waals surface area contributed by atoms with Crippen molar-refractivity contribution in [1.82, 2.24) is 15.5 Å². The average molecular weight is 318 g/mol. The third kappa shape index (κ3) is 6.59. The number of benzene rings is 1. The van der Waals surface area contributed by atoms with E-state index in [-0.39, 0.29) is 0 Å². The van der Waals surface area contributed by atoms with Gasteiger partial charge in [-0.3, -0.25) is 9.89 Å². The monoisotopic (exact) mass is 318 g/mol. The molecule has 2 N–H and O–H groups in total. The first kappa shape index (κ1) is 17.8. The van der Waals surface area contributed by atoms with Crippen molar-refractivity contribution in [3.63, 3.8) is 0 Å². The van der Waals surface area contributed by atoms with Crippen LogP contribution in [0.15, 0.2) is 29.3 Å². The van der Waals surface area contributed by atoms with Gasteiger partial charge in [0.1, 0.15) is 0 Å². The summed E-state index contributed by atoms with van der Waals surface area (Å²) >= 11 is 0. The van der Waals surface area contributed by atoms with E-state index in [2.05, 4.69) is 58.6 Å². The van der Waals surface area contributed by atoms with E-state index in [0.717, 1.165) is 51.9 Å². The van der Waals surface area contributed by atoms with Gasteiger partial charge in [-0.1, -0.05) is 38.1 Å². The van der Waals surface area contributed by atoms with Crippen LogP contribution in [0, 0.1) is 5.92 Å². The van der Waals surface area contributed by atoms with Crippen molar-refractivity contribution in [3.05, 3.63) is 35.4 Å². The molecular weight excluding hydrogens is 288 g/mol. The maximum absolute atomic E-state index is 5.41. The molecule has 1 heterocycles. The highest BCUT2D eigenvalue weighted by Gasteiger charge is 2.10. The maximum atomic E-state index is 5.41. The van der Waals surface area contributed by atoms with E-state index in [1.54, 1.807) is 0 Å². The van der Waals surface area contributed by atoms with E-state index in [0.29, 0.717) is 5.92 Å². The zero-order valence-corrected chi connectivity index (χ0v) is 14.6. The molecule has 1 aliphatic heterocycles. The Labute approximate surface area is 140 Å². The van der Waals surface area contributed by atoms with E-state index in [1.165, 1.54) is 11.1 Å². The highest BCUT2D eigenvalue weighted by atomic mass is 16.5. The minimum Gasteiger partial charge on any atom is -0.379 e. The lowest BCUT2D eigenvalue weighted by Crippen LogP contribution is -2.38. The number of aliphatic imine (C=N–C) groups is 1. The first-order chi connectivity index (χ1) is 11.2. The lowest BCUT2D eigenvalue weighted by Gasteiger charge is -2.26. The predicted octanol–water partition coefficient (Wildman–Crippen LogP) is 1.84. The zero-order chi connectivity index (χ0) is 16.5. The van der Waals surface area contributed by atoms with Gasteiger partial charge in [0, 0.05) is 39.8 Å². The number of hydrogen-bond acceptors (Lipinski definition) is 3. The first-order valence-electron chi connectivity index (χ1n) is 8.50. The molecule has 0 aromatic heterocycles. The SMILES string of the molecule is CN=C(NCc1cccc(CN2CCOCC2)c1)NCC(C)C. The van der Waals surface area contributed by atoms with Crippen molar-refractivity contribution in [2.45, 2.75) is 26.9 Å². The third-order valence-corrected chi connectivity index (χ3v) is 3.86. The Morgan fingerprint density at radius 2 is 1.96 bits per heavy atom. The molecule has 0 spiro atoms. The number of nitrogens with one attached hydrogen (secondary N) is 2. The van der Waals surface area contributed by atoms with Crippen molar-refractivity contribution in [3.8, 4) is 0 Å². The fourth-order valence-corrected chi connectivity index (χ4v) is 2.56. The van der Waals surface area contributed by atoms with Crippen molar-refractivity contribution >= 4 is 5.96 Å². The van der Waals surface area contributed by atoms with Gasteiger partial charge in [-0.05, 0) is 17.0 Å². The number of nitrogens with zero attached hydrogens (tertiary/aromatic N) is 2. The smallest absolute Gasteiger partial charge is 0.191 e. The standard InChI is InChI=1S/C18H30N4O/c1-15(2)12-20-18(19-3)21-13-16-5-4-6-17(11-16)14-22-7-9-23-10-8-22/h4-6,11,15H,7-10,12-14H2,1-3H3,(H2,19,20,21). The van der Waals surface area contributed by atoms with Crippen molar-refractivity contribution in [1.29, 1.82) is 0 Å². The second-order valence-corrected chi connectivity index (χ2v) is 6.41. The molecule has 1 fully saturated rings. The largest absolute Gasteiger partial charge is 0.379 e. The fourth-order valence-electron chi connectivity index (χ4n) is 2.56. The van der Waals surface area contributed by atoms with Crippen LogP contribution >= 0.6 is 0 Å². The molecule has 1 aliphatic rings. The van der Waals surface area contributed by atoms with Gasteiger partial charge in [-0.2, -0.15) is 0 Å². The minimum atomic E-state index is 0.602. The molecule has 23 heavy (non-hydrogen) atoms. The summed E-state index contributed by atoms with van der Waals surface area (Å²) in [4.78, 5) is 6.71. The molecule has 5 nitrogen and oxygen atoms in total. The van der Waals surface area contributed by atoms with Gasteiger partial charge in [0.2, 0.25) is 0 Å². The number of morpholine rings is 1. The third-order valence-electron chi connectivity index (χ3n) is 3.86. The number of guanidine groups is 1. The normalized spacial score (nSPS) is 16.6. The van der Waals surface area contributed by atoms with Gasteiger partial charge >= 0.3 is 0 Å². The van der Waals surface area contributed by atoms with Crippen LogP contribution in [0.5, 0.6) is 0 Å². The molecule has 1 aromatic rings. The van der Waals surface area contributed by atoms with E-state index >= 15 is 0 Å². The van der Waals surface area contributed by atoms with E-state index in [4.69, 9.17) is 4.74 Å². The van der Waals surface area contributed by atoms with Crippen molar-refractivity contribution in [2.24, 2.45) is 10.9 Å². The molecule has 0 saturated carbocycles. The molecule has 0 unspecified atom stereocenters. The molecule has 0 aliphatic carbocycles. The summed E-state index contributed by atoms with van der Waals surface area (Å²) in [5.41, 5.74) is 2.64. The van der Waals surface area contributed by atoms with Crippen LogP contribution in [0.25, 0.3) is 0 Å². The van der Waals surface area contributed by atoms with Crippen LogP contribution in [0.3, 0.4) is 0 Å². The summed E-state index contributed by atoms with van der Waals surface area (Å²) in [6, 6.07) is 8.77. The Bertz CT molecular complexity index is 496. The Morgan fingerprint density at radius 3 is 2.65 bits per heavy atom. The van der Waals surface area contributed by atoms with Gasteiger partial charge < -0.3 is 15.4 Å². The summed E-state index contributed by atoms with van der Waals surface area (Å²) in [5, 5.41) is 6.71. The predicted molar refractivity (Wildman–Crippen MR) is 95.6 cm³/mol. The lowest BCUT2D eigenvalue weighted by atomic mass is 10.1. The Kier molecular flexibility index (Phi) is 7.36. The van der Waals surface area contributed by atoms with E-state index in [1.807, 2.05) is 7.05 Å². The summed E-state index contributed by atoms with van der Waals surface area (Å²) < 4.78 is 5.41. The first-order valence-corrected chi connectivity index (χ1v) is 8.50. The second-order valence-electron chi connectivity index (χ2n) is 6.41. The van der Waals surface area contributed by atoms with E-state index < -0.39 is 0 Å². The minimum absolute atomic E-state index is 0.602. The average Bonchev–Trinajstić information content (AvgIpc) is 2.56. The summed E-state index contributed by atoms with van der Waals surface area (Å²) in [6.07, 6.45) is 0. The molecule has 0 radical (unpaired) electrons. The number of ether oxygens (including phenoxy) is 1. The number of hydrogen-bond donors (Lipinski definition) is 2. The molecule has 1 aromatic carbocycles. The molecule has 5 heteroatoms. The Balaban J connectivity index is 1.84. The van der Waals surface area contributed by atoms with Crippen molar-refractivity contribution in [2.75, 3.05) is 39.9 Å². The summed E-state index contributed by atoms with van der Waals surface area (Å²) in [6.45, 7) is 10.8. The van der Waals surface area contributed by atoms with Gasteiger partial charge in [0.25, 0.3) is 0 Å². The summed E-state index contributed by atoms with van der Waals surface area (Å²) in [7, 11) is 1.81. The highest BCUT2D eigenvalue weighted by Crippen LogP contribution is 2.10. The van der Waals surface area contributed by atoms with Crippen LogP contribution in [0.2, 0.25) is 0 Å². The fraction of sp³-hybridized carbons (Fsp3) is 0.611. The van der Waals surface area contributed by atoms with Gasteiger partial charge in [0.05, 0.1) is 13.2 Å².